The Morgan fingerprint density at radius 2 is 2.06 bits per heavy atom. The van der Waals surface area contributed by atoms with Crippen LogP contribution in [-0.4, -0.2) is 36.3 Å². The first-order valence-electron chi connectivity index (χ1n) is 11.1. The van der Waals surface area contributed by atoms with Gasteiger partial charge in [0, 0.05) is 24.7 Å². The van der Waals surface area contributed by atoms with E-state index in [0.717, 1.165) is 31.2 Å². The molecule has 0 saturated heterocycles. The number of rotatable bonds is 8. The minimum Gasteiger partial charge on any atom is -0.342 e. The summed E-state index contributed by atoms with van der Waals surface area (Å²) in [5, 5.41) is 21.6. The van der Waals surface area contributed by atoms with Gasteiger partial charge in [0.15, 0.2) is 0 Å². The lowest BCUT2D eigenvalue weighted by Crippen LogP contribution is -2.48. The maximum Gasteiger partial charge on any atom is 0.256 e. The number of aromatic amines is 1. The van der Waals surface area contributed by atoms with E-state index in [1.165, 1.54) is 0 Å². The smallest absolute Gasteiger partial charge is 0.256 e. The molecule has 1 amide bonds. The molecule has 0 fully saturated rings. The van der Waals surface area contributed by atoms with Crippen molar-refractivity contribution >= 4 is 17.1 Å². The normalized spacial score (nSPS) is 18.8. The molecule has 4 rings (SSSR count). The number of H-pyrrole nitrogens is 1. The molecule has 32 heavy (non-hydrogen) atoms. The van der Waals surface area contributed by atoms with E-state index in [-0.39, 0.29) is 17.5 Å². The standard InChI is InChI=1S/C23H28FN7O/c1-4-6-7-8-15-9-10-17(18(24)13-15)23(3)14-16(19-11-12-31(5-2)28-19)20(22(32)25-23)21-26-29-30-27-21/h9-13H,4-8,14H2,1-3H3,(H,25,32)(H,26,27,29,30)/t23-/m0/s1. The predicted octanol–water partition coefficient (Wildman–Crippen LogP) is 3.63. The van der Waals surface area contributed by atoms with Crippen LogP contribution in [0.15, 0.2) is 30.5 Å². The fourth-order valence-electron chi connectivity index (χ4n) is 4.26. The summed E-state index contributed by atoms with van der Waals surface area (Å²) >= 11 is 0. The Morgan fingerprint density at radius 1 is 1.22 bits per heavy atom. The number of nitrogens with zero attached hydrogens (tertiary/aromatic N) is 5. The number of hydrogen-bond acceptors (Lipinski definition) is 5. The number of hydrogen-bond donors (Lipinski definition) is 2. The molecule has 3 aromatic rings. The SMILES string of the molecule is CCCCCc1ccc([C@]2(C)CC(c3ccn(CC)n3)=C(c3nn[nH]n3)C(=O)N2)c(F)c1. The van der Waals surface area contributed by atoms with Crippen LogP contribution in [0.1, 0.15) is 69.1 Å². The molecule has 0 unspecified atom stereocenters. The van der Waals surface area contributed by atoms with Crippen molar-refractivity contribution in [2.45, 2.75) is 65.0 Å². The van der Waals surface area contributed by atoms with Gasteiger partial charge < -0.3 is 5.32 Å². The van der Waals surface area contributed by atoms with Gasteiger partial charge in [-0.2, -0.15) is 10.3 Å². The molecule has 8 nitrogen and oxygen atoms in total. The molecule has 3 heterocycles. The monoisotopic (exact) mass is 437 g/mol. The number of aromatic nitrogens is 6. The van der Waals surface area contributed by atoms with Gasteiger partial charge >= 0.3 is 0 Å². The summed E-state index contributed by atoms with van der Waals surface area (Å²) in [5.74, 6) is -0.506. The molecule has 0 spiro atoms. The van der Waals surface area contributed by atoms with Crippen molar-refractivity contribution in [2.24, 2.45) is 0 Å². The second-order valence-electron chi connectivity index (χ2n) is 8.38. The average Bonchev–Trinajstić information content (AvgIpc) is 3.45. The van der Waals surface area contributed by atoms with Crippen molar-refractivity contribution in [2.75, 3.05) is 0 Å². The van der Waals surface area contributed by atoms with Crippen molar-refractivity contribution in [3.05, 3.63) is 58.9 Å². The highest BCUT2D eigenvalue weighted by atomic mass is 19.1. The Morgan fingerprint density at radius 3 is 2.72 bits per heavy atom. The highest BCUT2D eigenvalue weighted by Crippen LogP contribution is 2.41. The second-order valence-corrected chi connectivity index (χ2v) is 8.38. The number of halogens is 1. The minimum absolute atomic E-state index is 0.192. The van der Waals surface area contributed by atoms with Crippen LogP contribution in [0.3, 0.4) is 0 Å². The maximum atomic E-state index is 15.2. The van der Waals surface area contributed by atoms with E-state index in [9.17, 15) is 4.79 Å². The summed E-state index contributed by atoms with van der Waals surface area (Å²) in [7, 11) is 0. The van der Waals surface area contributed by atoms with Crippen LogP contribution >= 0.6 is 0 Å². The second kappa shape index (κ2) is 9.02. The summed E-state index contributed by atoms with van der Waals surface area (Å²) in [6.45, 7) is 6.67. The van der Waals surface area contributed by atoms with Crippen molar-refractivity contribution in [3.8, 4) is 0 Å². The number of carbonyl (C=O) groups excluding carboxylic acids is 1. The molecule has 0 saturated carbocycles. The van der Waals surface area contributed by atoms with E-state index in [0.29, 0.717) is 35.4 Å². The molecular formula is C23H28FN7O. The van der Waals surface area contributed by atoms with Crippen LogP contribution in [0.25, 0.3) is 11.1 Å². The zero-order valence-corrected chi connectivity index (χ0v) is 18.7. The van der Waals surface area contributed by atoms with Crippen LogP contribution < -0.4 is 5.32 Å². The number of amides is 1. The first-order chi connectivity index (χ1) is 15.4. The van der Waals surface area contributed by atoms with E-state index in [2.05, 4.69) is 38.0 Å². The predicted molar refractivity (Wildman–Crippen MR) is 119 cm³/mol. The van der Waals surface area contributed by atoms with Gasteiger partial charge in [-0.05, 0) is 55.2 Å². The van der Waals surface area contributed by atoms with Gasteiger partial charge in [0.25, 0.3) is 5.91 Å². The maximum absolute atomic E-state index is 15.2. The number of carbonyl (C=O) groups is 1. The molecule has 0 aliphatic carbocycles. The third kappa shape index (κ3) is 4.19. The van der Waals surface area contributed by atoms with E-state index in [1.807, 2.05) is 32.2 Å². The van der Waals surface area contributed by atoms with Gasteiger partial charge in [-0.25, -0.2) is 4.39 Å². The molecular weight excluding hydrogens is 409 g/mol. The average molecular weight is 438 g/mol. The summed E-state index contributed by atoms with van der Waals surface area (Å²) in [6, 6.07) is 7.19. The summed E-state index contributed by atoms with van der Waals surface area (Å²) < 4.78 is 17.0. The van der Waals surface area contributed by atoms with E-state index >= 15 is 4.39 Å². The number of tetrazole rings is 1. The summed E-state index contributed by atoms with van der Waals surface area (Å²) in [5.41, 5.74) is 2.08. The van der Waals surface area contributed by atoms with Crippen LogP contribution in [0.4, 0.5) is 4.39 Å². The molecule has 1 aliphatic heterocycles. The topological polar surface area (TPSA) is 101 Å². The fraction of sp³-hybridized carbons (Fsp3) is 0.435. The fourth-order valence-corrected chi connectivity index (χ4v) is 4.26. The largest absolute Gasteiger partial charge is 0.342 e. The molecule has 0 bridgehead atoms. The lowest BCUT2D eigenvalue weighted by molar-refractivity contribution is -0.117. The van der Waals surface area contributed by atoms with Crippen LogP contribution in [0, 0.1) is 5.82 Å². The van der Waals surface area contributed by atoms with Gasteiger partial charge in [0.1, 0.15) is 5.82 Å². The van der Waals surface area contributed by atoms with Crippen molar-refractivity contribution in [1.82, 2.24) is 35.7 Å². The third-order valence-electron chi connectivity index (χ3n) is 5.99. The Bertz CT molecular complexity index is 1140. The molecule has 168 valence electrons. The molecule has 2 aromatic heterocycles. The van der Waals surface area contributed by atoms with Crippen molar-refractivity contribution < 1.29 is 9.18 Å². The molecule has 1 atom stereocenters. The molecule has 1 aromatic carbocycles. The van der Waals surface area contributed by atoms with Gasteiger partial charge in [0.05, 0.1) is 16.8 Å². The molecule has 0 radical (unpaired) electrons. The highest BCUT2D eigenvalue weighted by molar-refractivity contribution is 6.27. The Balaban J connectivity index is 1.73. The Kier molecular flexibility index (Phi) is 6.16. The van der Waals surface area contributed by atoms with Gasteiger partial charge in [-0.15, -0.1) is 10.2 Å². The van der Waals surface area contributed by atoms with Crippen LogP contribution in [0.5, 0.6) is 0 Å². The quantitative estimate of drug-likeness (QED) is 0.524. The number of unbranched alkanes of at least 4 members (excludes halogenated alkanes) is 2. The lowest BCUT2D eigenvalue weighted by Gasteiger charge is -2.37. The number of aryl methyl sites for hydroxylation is 2. The van der Waals surface area contributed by atoms with E-state index < -0.39 is 5.54 Å². The summed E-state index contributed by atoms with van der Waals surface area (Å²) in [4.78, 5) is 13.2. The molecule has 9 heteroatoms. The van der Waals surface area contributed by atoms with Gasteiger partial charge in [-0.3, -0.25) is 9.48 Å². The molecule has 2 N–H and O–H groups in total. The Labute approximate surface area is 186 Å². The molecule has 1 aliphatic rings. The van der Waals surface area contributed by atoms with Gasteiger partial charge in [-0.1, -0.05) is 31.9 Å². The van der Waals surface area contributed by atoms with Crippen LogP contribution in [-0.2, 0) is 23.3 Å². The summed E-state index contributed by atoms with van der Waals surface area (Å²) in [6.07, 6.45) is 6.31. The third-order valence-corrected chi connectivity index (χ3v) is 5.99. The minimum atomic E-state index is -0.943. The first-order valence-corrected chi connectivity index (χ1v) is 11.1. The number of benzene rings is 1. The van der Waals surface area contributed by atoms with Gasteiger partial charge in [0.2, 0.25) is 5.82 Å². The van der Waals surface area contributed by atoms with E-state index in [1.54, 1.807) is 16.8 Å². The Hall–Kier alpha value is -3.36. The lowest BCUT2D eigenvalue weighted by atomic mass is 9.79. The first kappa shape index (κ1) is 21.9. The van der Waals surface area contributed by atoms with E-state index in [4.69, 9.17) is 0 Å². The van der Waals surface area contributed by atoms with Crippen molar-refractivity contribution in [3.63, 3.8) is 0 Å². The highest BCUT2D eigenvalue weighted by Gasteiger charge is 2.41. The zero-order chi connectivity index (χ0) is 22.7. The zero-order valence-electron chi connectivity index (χ0n) is 18.7. The van der Waals surface area contributed by atoms with Crippen molar-refractivity contribution in [1.29, 1.82) is 0 Å². The van der Waals surface area contributed by atoms with Crippen LogP contribution in [0.2, 0.25) is 0 Å². The number of nitrogens with one attached hydrogen (secondary N) is 2.